The summed E-state index contributed by atoms with van der Waals surface area (Å²) in [6.07, 6.45) is 1.51. The summed E-state index contributed by atoms with van der Waals surface area (Å²) in [5, 5.41) is 15.3. The van der Waals surface area contributed by atoms with E-state index in [0.717, 1.165) is 19.0 Å². The number of aromatic nitrogens is 3. The fraction of sp³-hybridized carbons (Fsp3) is 0.273. The number of hydrogen-bond donors (Lipinski definition) is 1. The van der Waals surface area contributed by atoms with E-state index in [4.69, 9.17) is 0 Å². The first-order valence-corrected chi connectivity index (χ1v) is 10.7. The number of rotatable bonds is 4. The topological polar surface area (TPSA) is 53.7 Å². The van der Waals surface area contributed by atoms with Gasteiger partial charge in [0.2, 0.25) is 10.8 Å². The van der Waals surface area contributed by atoms with Gasteiger partial charge in [0.05, 0.1) is 10.9 Å². The van der Waals surface area contributed by atoms with Crippen LogP contribution in [0.4, 0.5) is 8.78 Å². The molecule has 3 heterocycles. The number of thiazole rings is 1. The molecule has 1 N–H and O–H groups in total. The summed E-state index contributed by atoms with van der Waals surface area (Å²) in [5.41, 5.74) is 3.07. The van der Waals surface area contributed by atoms with E-state index in [0.29, 0.717) is 34.2 Å². The normalized spacial score (nSPS) is 15.4. The van der Waals surface area contributed by atoms with Crippen LogP contribution in [0.5, 0.6) is 5.88 Å². The molecule has 154 valence electrons. The van der Waals surface area contributed by atoms with Gasteiger partial charge in [0.1, 0.15) is 0 Å². The Kier molecular flexibility index (Phi) is 4.75. The second-order valence-electron chi connectivity index (χ2n) is 7.43. The van der Waals surface area contributed by atoms with E-state index >= 15 is 0 Å². The molecule has 1 aliphatic rings. The predicted octanol–water partition coefficient (Wildman–Crippen LogP) is 4.48. The molecule has 2 aromatic heterocycles. The highest BCUT2D eigenvalue weighted by Crippen LogP contribution is 2.41. The van der Waals surface area contributed by atoms with Gasteiger partial charge in [-0.05, 0) is 35.2 Å². The molecule has 0 aliphatic carbocycles. The number of aryl methyl sites for hydroxylation is 1. The smallest absolute Gasteiger partial charge is 0.230 e. The van der Waals surface area contributed by atoms with E-state index < -0.39 is 17.7 Å². The van der Waals surface area contributed by atoms with E-state index in [-0.39, 0.29) is 5.88 Å². The van der Waals surface area contributed by atoms with Crippen molar-refractivity contribution >= 4 is 16.3 Å². The van der Waals surface area contributed by atoms with Crippen molar-refractivity contribution in [1.82, 2.24) is 19.5 Å². The predicted molar refractivity (Wildman–Crippen MR) is 111 cm³/mol. The van der Waals surface area contributed by atoms with Gasteiger partial charge in [0.25, 0.3) is 0 Å². The number of fused-ring (bicyclic) bond motifs is 2. The van der Waals surface area contributed by atoms with Crippen LogP contribution in [0.3, 0.4) is 0 Å². The van der Waals surface area contributed by atoms with Crippen molar-refractivity contribution < 1.29 is 13.9 Å². The molecular formula is C22H20F2N4OS. The maximum Gasteiger partial charge on any atom is 0.230 e. The largest absolute Gasteiger partial charge is 0.492 e. The van der Waals surface area contributed by atoms with Crippen LogP contribution in [0.1, 0.15) is 40.4 Å². The van der Waals surface area contributed by atoms with Crippen molar-refractivity contribution in [3.05, 3.63) is 81.5 Å². The van der Waals surface area contributed by atoms with Crippen LogP contribution in [0.2, 0.25) is 0 Å². The Morgan fingerprint density at radius 3 is 2.67 bits per heavy atom. The Labute approximate surface area is 176 Å². The van der Waals surface area contributed by atoms with Gasteiger partial charge in [-0.2, -0.15) is 4.52 Å². The average molecular weight is 426 g/mol. The Morgan fingerprint density at radius 1 is 1.13 bits per heavy atom. The van der Waals surface area contributed by atoms with Gasteiger partial charge in [-0.3, -0.25) is 4.90 Å². The lowest BCUT2D eigenvalue weighted by Crippen LogP contribution is -2.34. The van der Waals surface area contributed by atoms with Crippen LogP contribution in [0, 0.1) is 11.6 Å². The molecule has 0 fully saturated rings. The lowest BCUT2D eigenvalue weighted by Gasteiger charge is -2.35. The molecule has 0 amide bonds. The van der Waals surface area contributed by atoms with Crippen LogP contribution in [-0.2, 0) is 19.4 Å². The summed E-state index contributed by atoms with van der Waals surface area (Å²) in [7, 11) is 0. The van der Waals surface area contributed by atoms with Gasteiger partial charge < -0.3 is 5.11 Å². The molecule has 0 unspecified atom stereocenters. The summed E-state index contributed by atoms with van der Waals surface area (Å²) >= 11 is 1.33. The third kappa shape index (κ3) is 3.16. The van der Waals surface area contributed by atoms with Crippen molar-refractivity contribution in [3.63, 3.8) is 0 Å². The van der Waals surface area contributed by atoms with Crippen molar-refractivity contribution in [1.29, 1.82) is 0 Å². The summed E-state index contributed by atoms with van der Waals surface area (Å²) in [5.74, 6) is -1.14. The van der Waals surface area contributed by atoms with Crippen molar-refractivity contribution in [3.8, 4) is 5.88 Å². The molecule has 0 bridgehead atoms. The Morgan fingerprint density at radius 2 is 1.93 bits per heavy atom. The van der Waals surface area contributed by atoms with Crippen LogP contribution < -0.4 is 0 Å². The summed E-state index contributed by atoms with van der Waals surface area (Å²) in [6.45, 7) is 3.33. The standard InChI is InChI=1S/C22H20F2N4OS/c1-2-18-25-22-28(26-18)21(29)20(30-22)19(14-7-8-16(23)17(24)11-14)27-10-9-13-5-3-4-6-15(13)12-27/h3-8,11,19,29H,2,9-10,12H2,1H3/t19-/m1/s1. The maximum absolute atomic E-state index is 14.1. The van der Waals surface area contributed by atoms with Gasteiger partial charge in [0, 0.05) is 19.5 Å². The van der Waals surface area contributed by atoms with E-state index in [9.17, 15) is 13.9 Å². The maximum atomic E-state index is 14.1. The number of hydrogen-bond acceptors (Lipinski definition) is 5. The highest BCUT2D eigenvalue weighted by Gasteiger charge is 2.32. The molecule has 1 aliphatic heterocycles. The molecule has 8 heteroatoms. The summed E-state index contributed by atoms with van der Waals surface area (Å²) in [6, 6.07) is 11.7. The third-order valence-corrected chi connectivity index (χ3v) is 6.67. The monoisotopic (exact) mass is 426 g/mol. The number of aromatic hydroxyl groups is 1. The summed E-state index contributed by atoms with van der Waals surface area (Å²) < 4.78 is 29.2. The van der Waals surface area contributed by atoms with E-state index in [1.165, 1.54) is 33.0 Å². The van der Waals surface area contributed by atoms with E-state index in [1.807, 2.05) is 19.1 Å². The van der Waals surface area contributed by atoms with Crippen molar-refractivity contribution in [2.24, 2.45) is 0 Å². The quantitative estimate of drug-likeness (QED) is 0.523. The van der Waals surface area contributed by atoms with Gasteiger partial charge >= 0.3 is 0 Å². The Bertz CT molecular complexity index is 1240. The first kappa shape index (κ1) is 19.1. The van der Waals surface area contributed by atoms with Crippen molar-refractivity contribution in [2.45, 2.75) is 32.4 Å². The molecule has 0 saturated carbocycles. The lowest BCUT2D eigenvalue weighted by atomic mass is 9.95. The Balaban J connectivity index is 1.63. The molecule has 0 spiro atoms. The average Bonchev–Trinajstić information content (AvgIpc) is 3.30. The van der Waals surface area contributed by atoms with E-state index in [1.54, 1.807) is 6.07 Å². The fourth-order valence-electron chi connectivity index (χ4n) is 4.07. The van der Waals surface area contributed by atoms with Gasteiger partial charge in [0.15, 0.2) is 17.5 Å². The number of halogens is 2. The minimum Gasteiger partial charge on any atom is -0.492 e. The minimum absolute atomic E-state index is 0.00390. The van der Waals surface area contributed by atoms with Gasteiger partial charge in [-0.15, -0.1) is 5.10 Å². The molecule has 2 aromatic carbocycles. The van der Waals surface area contributed by atoms with Crippen LogP contribution in [0.25, 0.3) is 4.96 Å². The highest BCUT2D eigenvalue weighted by atomic mass is 32.1. The lowest BCUT2D eigenvalue weighted by molar-refractivity contribution is 0.205. The van der Waals surface area contributed by atoms with Crippen LogP contribution in [0.15, 0.2) is 42.5 Å². The fourth-order valence-corrected chi connectivity index (χ4v) is 5.20. The third-order valence-electron chi connectivity index (χ3n) is 5.59. The zero-order valence-electron chi connectivity index (χ0n) is 16.3. The SMILES string of the molecule is CCc1nc2sc([C@@H](c3ccc(F)c(F)c3)N3CCc4ccccc4C3)c(O)n2n1. The zero-order valence-corrected chi connectivity index (χ0v) is 17.2. The first-order chi connectivity index (χ1) is 14.5. The molecule has 4 aromatic rings. The number of nitrogens with zero attached hydrogens (tertiary/aromatic N) is 4. The molecule has 0 saturated heterocycles. The van der Waals surface area contributed by atoms with E-state index in [2.05, 4.69) is 27.1 Å². The zero-order chi connectivity index (χ0) is 20.8. The highest BCUT2D eigenvalue weighted by molar-refractivity contribution is 7.17. The van der Waals surface area contributed by atoms with Gasteiger partial charge in [-0.1, -0.05) is 48.6 Å². The molecule has 5 rings (SSSR count). The molecule has 0 radical (unpaired) electrons. The van der Waals surface area contributed by atoms with Crippen LogP contribution in [-0.4, -0.2) is 31.1 Å². The van der Waals surface area contributed by atoms with Crippen molar-refractivity contribution in [2.75, 3.05) is 6.54 Å². The number of benzene rings is 2. The Hall–Kier alpha value is -2.84. The molecular weight excluding hydrogens is 406 g/mol. The molecule has 30 heavy (non-hydrogen) atoms. The van der Waals surface area contributed by atoms with Crippen LogP contribution >= 0.6 is 11.3 Å². The minimum atomic E-state index is -0.901. The first-order valence-electron chi connectivity index (χ1n) is 9.88. The summed E-state index contributed by atoms with van der Waals surface area (Å²) in [4.78, 5) is 7.85. The second-order valence-corrected chi connectivity index (χ2v) is 8.44. The molecule has 1 atom stereocenters. The van der Waals surface area contributed by atoms with Gasteiger partial charge in [-0.25, -0.2) is 13.8 Å². The second kappa shape index (κ2) is 7.45. The molecule has 5 nitrogen and oxygen atoms in total.